The fraction of sp³-hybridized carbons (Fsp3) is 0. The van der Waals surface area contributed by atoms with E-state index in [-0.39, 0.29) is 22.2 Å². The van der Waals surface area contributed by atoms with E-state index in [9.17, 15) is 23.7 Å². The van der Waals surface area contributed by atoms with Crippen LogP contribution in [0.4, 0.5) is 22.0 Å². The molecule has 4 nitrogen and oxygen atoms in total. The van der Waals surface area contributed by atoms with Crippen molar-refractivity contribution in [3.8, 4) is 23.5 Å². The molecule has 0 aliphatic rings. The number of rotatable bonds is 2. The molecule has 196 valence electrons. The Hall–Kier alpha value is -5.67. The Morgan fingerprint density at radius 2 is 0.878 bits per heavy atom. The van der Waals surface area contributed by atoms with Crippen LogP contribution in [-0.4, -0.2) is 9.13 Å². The van der Waals surface area contributed by atoms with E-state index in [4.69, 9.17) is 0 Å². The van der Waals surface area contributed by atoms with Gasteiger partial charge in [0.15, 0.2) is 23.3 Å². The van der Waals surface area contributed by atoms with E-state index in [0.717, 1.165) is 9.95 Å². The van der Waals surface area contributed by atoms with E-state index in [1.165, 1.54) is 6.07 Å². The molecule has 5 aromatic carbocycles. The number of fused-ring (bicyclic) bond motifs is 6. The smallest absolute Gasteiger partial charge is 0.200 e. The van der Waals surface area contributed by atoms with Gasteiger partial charge in [-0.1, -0.05) is 42.5 Å². The lowest BCUT2D eigenvalue weighted by atomic mass is 10.1. The molecule has 0 saturated carbocycles. The monoisotopic (exact) mass is 548 g/mol. The molecule has 0 atom stereocenters. The van der Waals surface area contributed by atoms with Gasteiger partial charge >= 0.3 is 0 Å². The van der Waals surface area contributed by atoms with Crippen LogP contribution in [0.5, 0.6) is 0 Å². The Kier molecular flexibility index (Phi) is 5.15. The molecule has 0 aliphatic heterocycles. The van der Waals surface area contributed by atoms with E-state index >= 15 is 8.78 Å². The first-order valence-electron chi connectivity index (χ1n) is 12.3. The Morgan fingerprint density at radius 3 is 1.37 bits per heavy atom. The highest BCUT2D eigenvalue weighted by Gasteiger charge is 2.29. The van der Waals surface area contributed by atoms with Crippen LogP contribution in [0.3, 0.4) is 0 Å². The first-order valence-corrected chi connectivity index (χ1v) is 12.3. The quantitative estimate of drug-likeness (QED) is 0.124. The second-order valence-electron chi connectivity index (χ2n) is 9.44. The number of para-hydroxylation sites is 3. The number of hydrogen-bond acceptors (Lipinski definition) is 2. The molecule has 41 heavy (non-hydrogen) atoms. The minimum absolute atomic E-state index is 0.166. The number of nitriles is 2. The molecule has 7 aromatic rings. The molecule has 0 fully saturated rings. The summed E-state index contributed by atoms with van der Waals surface area (Å²) in [6, 6.07) is 26.2. The summed E-state index contributed by atoms with van der Waals surface area (Å²) < 4.78 is 76.0. The van der Waals surface area contributed by atoms with Crippen LogP contribution in [0.2, 0.25) is 0 Å². The Bertz CT molecular complexity index is 2290. The number of hydrogen-bond donors (Lipinski definition) is 0. The van der Waals surface area contributed by atoms with E-state index in [1.54, 1.807) is 59.2 Å². The third-order valence-electron chi connectivity index (χ3n) is 7.38. The van der Waals surface area contributed by atoms with Crippen LogP contribution in [0, 0.1) is 51.7 Å². The van der Waals surface area contributed by atoms with E-state index in [0.29, 0.717) is 32.9 Å². The molecule has 9 heteroatoms. The van der Waals surface area contributed by atoms with Crippen LogP contribution >= 0.6 is 0 Å². The molecule has 0 saturated heterocycles. The standard InChI is InChI=1S/C32H13F5N4/c33-26-27(34)29(36)32(30(37)28(26)35)41-23-11-4-2-9-19(23)21-12-20-18-8-1-3-10-22(18)40(24(20)13-25(21)41)31-16(14-38)6-5-7-17(31)15-39/h1-13H. The summed E-state index contributed by atoms with van der Waals surface area (Å²) in [7, 11) is 0. The van der Waals surface area contributed by atoms with Gasteiger partial charge in [-0.25, -0.2) is 22.0 Å². The predicted octanol–water partition coefficient (Wildman–Crippen LogP) is 8.32. The molecule has 2 aromatic heterocycles. The molecular weight excluding hydrogens is 535 g/mol. The Morgan fingerprint density at radius 1 is 0.439 bits per heavy atom. The van der Waals surface area contributed by atoms with E-state index < -0.39 is 34.8 Å². The minimum atomic E-state index is -2.25. The van der Waals surface area contributed by atoms with Crippen molar-refractivity contribution in [2.45, 2.75) is 0 Å². The third kappa shape index (κ3) is 3.17. The summed E-state index contributed by atoms with van der Waals surface area (Å²) in [5, 5.41) is 22.3. The third-order valence-corrected chi connectivity index (χ3v) is 7.38. The summed E-state index contributed by atoms with van der Waals surface area (Å²) in [5.74, 6) is -10.3. The van der Waals surface area contributed by atoms with Crippen molar-refractivity contribution in [3.63, 3.8) is 0 Å². The maximum Gasteiger partial charge on any atom is 0.200 e. The first-order chi connectivity index (χ1) is 19.9. The summed E-state index contributed by atoms with van der Waals surface area (Å²) in [5.41, 5.74) is 1.14. The highest BCUT2D eigenvalue weighted by atomic mass is 19.2. The highest BCUT2D eigenvalue weighted by molar-refractivity contribution is 6.19. The molecule has 0 aliphatic carbocycles. The Balaban J connectivity index is 1.74. The normalized spacial score (nSPS) is 11.5. The van der Waals surface area contributed by atoms with Crippen LogP contribution in [-0.2, 0) is 0 Å². The molecule has 0 unspecified atom stereocenters. The van der Waals surface area contributed by atoms with Gasteiger partial charge in [0.1, 0.15) is 17.8 Å². The average molecular weight is 548 g/mol. The van der Waals surface area contributed by atoms with Gasteiger partial charge in [0, 0.05) is 21.5 Å². The lowest BCUT2D eigenvalue weighted by Gasteiger charge is -2.14. The minimum Gasteiger partial charge on any atom is -0.307 e. The van der Waals surface area contributed by atoms with Crippen LogP contribution < -0.4 is 0 Å². The second-order valence-corrected chi connectivity index (χ2v) is 9.44. The van der Waals surface area contributed by atoms with Crippen LogP contribution in [0.15, 0.2) is 78.9 Å². The molecule has 0 bridgehead atoms. The maximum atomic E-state index is 15.2. The van der Waals surface area contributed by atoms with Crippen LogP contribution in [0.1, 0.15) is 11.1 Å². The van der Waals surface area contributed by atoms with Crippen LogP contribution in [0.25, 0.3) is 55.0 Å². The summed E-state index contributed by atoms with van der Waals surface area (Å²) in [6.07, 6.45) is 0. The molecule has 2 heterocycles. The van der Waals surface area contributed by atoms with Crippen molar-refractivity contribution >= 4 is 43.6 Å². The van der Waals surface area contributed by atoms with Crippen molar-refractivity contribution in [2.75, 3.05) is 0 Å². The summed E-state index contributed by atoms with van der Waals surface area (Å²) in [4.78, 5) is 0. The fourth-order valence-electron chi connectivity index (χ4n) is 5.67. The maximum absolute atomic E-state index is 15.2. The fourth-order valence-corrected chi connectivity index (χ4v) is 5.67. The zero-order valence-corrected chi connectivity index (χ0v) is 20.7. The molecule has 0 radical (unpaired) electrons. The van der Waals surface area contributed by atoms with Crippen molar-refractivity contribution in [1.29, 1.82) is 10.5 Å². The van der Waals surface area contributed by atoms with Gasteiger partial charge in [0.25, 0.3) is 0 Å². The van der Waals surface area contributed by atoms with Gasteiger partial charge in [-0.3, -0.25) is 0 Å². The van der Waals surface area contributed by atoms with E-state index in [2.05, 4.69) is 12.1 Å². The zero-order valence-electron chi connectivity index (χ0n) is 20.7. The zero-order chi connectivity index (χ0) is 28.6. The molecule has 7 rings (SSSR count). The number of halogens is 5. The molecule has 0 spiro atoms. The van der Waals surface area contributed by atoms with Crippen molar-refractivity contribution < 1.29 is 22.0 Å². The van der Waals surface area contributed by atoms with Gasteiger partial charge in [0.05, 0.1) is 38.9 Å². The summed E-state index contributed by atoms with van der Waals surface area (Å²) in [6.45, 7) is 0. The first kappa shape index (κ1) is 24.4. The average Bonchev–Trinajstić information content (AvgIpc) is 3.49. The SMILES string of the molecule is N#Cc1cccc(C#N)c1-n1c2ccccc2c2cc3c4ccccc4n(-c4c(F)c(F)c(F)c(F)c4F)c3cc21. The van der Waals surface area contributed by atoms with Gasteiger partial charge in [0.2, 0.25) is 5.82 Å². The lowest BCUT2D eigenvalue weighted by molar-refractivity contribution is 0.376. The highest BCUT2D eigenvalue weighted by Crippen LogP contribution is 2.41. The van der Waals surface area contributed by atoms with E-state index in [1.807, 2.05) is 18.2 Å². The number of nitrogens with zero attached hydrogens (tertiary/aromatic N) is 4. The van der Waals surface area contributed by atoms with Crippen molar-refractivity contribution in [2.24, 2.45) is 0 Å². The largest absolute Gasteiger partial charge is 0.307 e. The van der Waals surface area contributed by atoms with Crippen molar-refractivity contribution in [1.82, 2.24) is 9.13 Å². The van der Waals surface area contributed by atoms with Gasteiger partial charge in [-0.05, 0) is 36.4 Å². The Labute approximate surface area is 227 Å². The number of aromatic nitrogens is 2. The lowest BCUT2D eigenvalue weighted by Crippen LogP contribution is -2.09. The summed E-state index contributed by atoms with van der Waals surface area (Å²) >= 11 is 0. The van der Waals surface area contributed by atoms with Crippen molar-refractivity contribution in [3.05, 3.63) is 119 Å². The topological polar surface area (TPSA) is 57.4 Å². The van der Waals surface area contributed by atoms with Gasteiger partial charge < -0.3 is 9.13 Å². The molecular formula is C32H13F5N4. The van der Waals surface area contributed by atoms with Gasteiger partial charge in [-0.15, -0.1) is 0 Å². The number of benzene rings is 5. The van der Waals surface area contributed by atoms with Gasteiger partial charge in [-0.2, -0.15) is 10.5 Å². The molecule has 0 amide bonds. The predicted molar refractivity (Wildman–Crippen MR) is 144 cm³/mol. The second kappa shape index (κ2) is 8.67. The molecule has 0 N–H and O–H groups in total.